The molecule has 0 saturated heterocycles. The first kappa shape index (κ1) is 16.1. The fourth-order valence-electron chi connectivity index (χ4n) is 2.97. The maximum absolute atomic E-state index is 3.45. The summed E-state index contributed by atoms with van der Waals surface area (Å²) in [5, 5.41) is 4.85. The van der Waals surface area contributed by atoms with E-state index in [-0.39, 0.29) is 0 Å². The maximum Gasteiger partial charge on any atom is 0.0483 e. The summed E-state index contributed by atoms with van der Waals surface area (Å²) in [6, 6.07) is 8.80. The fraction of sp³-hybridized carbons (Fsp3) is 0.579. The van der Waals surface area contributed by atoms with Crippen LogP contribution in [0.2, 0.25) is 0 Å². The Morgan fingerprint density at radius 1 is 0.952 bits per heavy atom. The van der Waals surface area contributed by atoms with Crippen LogP contribution in [0.4, 0.5) is 0 Å². The van der Waals surface area contributed by atoms with Crippen molar-refractivity contribution in [3.05, 3.63) is 36.0 Å². The zero-order valence-corrected chi connectivity index (χ0v) is 13.7. The summed E-state index contributed by atoms with van der Waals surface area (Å²) >= 11 is 0. The number of aryl methyl sites for hydroxylation is 1. The van der Waals surface area contributed by atoms with Crippen LogP contribution in [0.5, 0.6) is 0 Å². The van der Waals surface area contributed by atoms with Gasteiger partial charge in [-0.3, -0.25) is 0 Å². The molecule has 0 bridgehead atoms. The van der Waals surface area contributed by atoms with Gasteiger partial charge in [0.25, 0.3) is 0 Å². The van der Waals surface area contributed by atoms with Gasteiger partial charge in [0.1, 0.15) is 0 Å². The normalized spacial score (nSPS) is 11.3. The molecule has 0 aliphatic rings. The van der Waals surface area contributed by atoms with Gasteiger partial charge in [-0.2, -0.15) is 0 Å². The van der Waals surface area contributed by atoms with Gasteiger partial charge in [0.2, 0.25) is 0 Å². The Morgan fingerprint density at radius 3 is 2.52 bits per heavy atom. The van der Waals surface area contributed by atoms with Crippen LogP contribution in [0.1, 0.15) is 57.9 Å². The number of hydrogen-bond acceptors (Lipinski definition) is 1. The Morgan fingerprint density at radius 2 is 1.71 bits per heavy atom. The van der Waals surface area contributed by atoms with E-state index in [0.29, 0.717) is 0 Å². The van der Waals surface area contributed by atoms with Crippen LogP contribution in [-0.4, -0.2) is 11.1 Å². The van der Waals surface area contributed by atoms with Gasteiger partial charge in [-0.15, -0.1) is 0 Å². The highest BCUT2D eigenvalue weighted by atomic mass is 15.0. The van der Waals surface area contributed by atoms with Crippen LogP contribution < -0.4 is 5.32 Å². The van der Waals surface area contributed by atoms with E-state index in [9.17, 15) is 0 Å². The van der Waals surface area contributed by atoms with E-state index in [2.05, 4.69) is 54.2 Å². The molecule has 2 nitrogen and oxygen atoms in total. The van der Waals surface area contributed by atoms with E-state index in [0.717, 1.165) is 19.6 Å². The number of benzene rings is 1. The molecular formula is C19H30N2. The zero-order chi connectivity index (χ0) is 14.9. The first-order chi connectivity index (χ1) is 10.4. The molecule has 1 aromatic carbocycles. The van der Waals surface area contributed by atoms with Crippen molar-refractivity contribution < 1.29 is 0 Å². The highest BCUT2D eigenvalue weighted by Crippen LogP contribution is 2.22. The second-order valence-corrected chi connectivity index (χ2v) is 5.91. The van der Waals surface area contributed by atoms with E-state index in [1.54, 1.807) is 0 Å². The van der Waals surface area contributed by atoms with Crippen LogP contribution in [0.25, 0.3) is 10.9 Å². The van der Waals surface area contributed by atoms with Crippen LogP contribution in [0.15, 0.2) is 30.5 Å². The third kappa shape index (κ3) is 4.60. The molecule has 0 spiro atoms. The van der Waals surface area contributed by atoms with Crippen molar-refractivity contribution in [3.63, 3.8) is 0 Å². The molecule has 0 atom stereocenters. The number of unbranched alkanes of at least 4 members (excludes halogenated alkanes) is 5. The van der Waals surface area contributed by atoms with Crippen LogP contribution in [0.3, 0.4) is 0 Å². The molecule has 2 heteroatoms. The molecule has 0 saturated carbocycles. The summed E-state index contributed by atoms with van der Waals surface area (Å²) in [6.07, 6.45) is 10.5. The molecule has 116 valence electrons. The maximum atomic E-state index is 3.45. The van der Waals surface area contributed by atoms with Crippen molar-refractivity contribution in [1.82, 2.24) is 9.88 Å². The molecule has 0 aliphatic carbocycles. The van der Waals surface area contributed by atoms with E-state index >= 15 is 0 Å². The van der Waals surface area contributed by atoms with Crippen LogP contribution in [-0.2, 0) is 13.1 Å². The molecule has 0 fully saturated rings. The van der Waals surface area contributed by atoms with E-state index in [4.69, 9.17) is 0 Å². The summed E-state index contributed by atoms with van der Waals surface area (Å²) in [7, 11) is 0. The Bertz CT molecular complexity index is 527. The number of nitrogens with zero attached hydrogens (tertiary/aromatic N) is 1. The SMILES string of the molecule is CCCCCCCCn1cc(CNCC)c2ccccc21. The van der Waals surface area contributed by atoms with Gasteiger partial charge in [0, 0.05) is 30.2 Å². The highest BCUT2D eigenvalue weighted by Gasteiger charge is 2.07. The second kappa shape index (κ2) is 8.89. The van der Waals surface area contributed by atoms with Crippen molar-refractivity contribution >= 4 is 10.9 Å². The summed E-state index contributed by atoms with van der Waals surface area (Å²) in [6.45, 7) is 7.59. The number of hydrogen-bond donors (Lipinski definition) is 1. The molecule has 0 aliphatic heterocycles. The smallest absolute Gasteiger partial charge is 0.0483 e. The Labute approximate surface area is 129 Å². The minimum Gasteiger partial charge on any atom is -0.347 e. The lowest BCUT2D eigenvalue weighted by molar-refractivity contribution is 0.564. The first-order valence-electron chi connectivity index (χ1n) is 8.64. The van der Waals surface area contributed by atoms with Crippen molar-refractivity contribution in [1.29, 1.82) is 0 Å². The summed E-state index contributed by atoms with van der Waals surface area (Å²) < 4.78 is 2.45. The highest BCUT2D eigenvalue weighted by molar-refractivity contribution is 5.83. The lowest BCUT2D eigenvalue weighted by Crippen LogP contribution is -2.11. The number of fused-ring (bicyclic) bond motifs is 1. The molecule has 0 amide bonds. The predicted molar refractivity (Wildman–Crippen MR) is 92.7 cm³/mol. The van der Waals surface area contributed by atoms with Crippen molar-refractivity contribution in [2.45, 2.75) is 65.5 Å². The number of aromatic nitrogens is 1. The van der Waals surface area contributed by atoms with Gasteiger partial charge in [-0.05, 0) is 24.6 Å². The lowest BCUT2D eigenvalue weighted by Gasteiger charge is -2.05. The van der Waals surface area contributed by atoms with Gasteiger partial charge in [0.15, 0.2) is 0 Å². The summed E-state index contributed by atoms with van der Waals surface area (Å²) in [5.41, 5.74) is 2.82. The Hall–Kier alpha value is -1.28. The molecule has 1 N–H and O–H groups in total. The molecule has 1 aromatic heterocycles. The molecule has 21 heavy (non-hydrogen) atoms. The third-order valence-electron chi connectivity index (χ3n) is 4.19. The van der Waals surface area contributed by atoms with Crippen molar-refractivity contribution in [2.24, 2.45) is 0 Å². The minimum absolute atomic E-state index is 0.973. The van der Waals surface area contributed by atoms with Gasteiger partial charge < -0.3 is 9.88 Å². The Kier molecular flexibility index (Phi) is 6.81. The average molecular weight is 286 g/mol. The number of nitrogens with one attached hydrogen (secondary N) is 1. The van der Waals surface area contributed by atoms with Gasteiger partial charge in [-0.1, -0.05) is 64.2 Å². The largest absolute Gasteiger partial charge is 0.347 e. The Balaban J connectivity index is 1.95. The van der Waals surface area contributed by atoms with Gasteiger partial charge in [-0.25, -0.2) is 0 Å². The summed E-state index contributed by atoms with van der Waals surface area (Å²) in [5.74, 6) is 0. The molecule has 0 unspecified atom stereocenters. The van der Waals surface area contributed by atoms with Crippen LogP contribution in [0, 0.1) is 0 Å². The zero-order valence-electron chi connectivity index (χ0n) is 13.7. The quantitative estimate of drug-likeness (QED) is 0.600. The lowest BCUT2D eigenvalue weighted by atomic mass is 10.1. The molecular weight excluding hydrogens is 256 g/mol. The number of para-hydroxylation sites is 1. The van der Waals surface area contributed by atoms with Crippen molar-refractivity contribution in [3.8, 4) is 0 Å². The minimum atomic E-state index is 0.973. The molecule has 0 radical (unpaired) electrons. The van der Waals surface area contributed by atoms with Crippen molar-refractivity contribution in [2.75, 3.05) is 6.54 Å². The molecule has 1 heterocycles. The van der Waals surface area contributed by atoms with E-state index < -0.39 is 0 Å². The van der Waals surface area contributed by atoms with Gasteiger partial charge >= 0.3 is 0 Å². The third-order valence-corrected chi connectivity index (χ3v) is 4.19. The van der Waals surface area contributed by atoms with Crippen LogP contribution >= 0.6 is 0 Å². The standard InChI is InChI=1S/C19H30N2/c1-3-5-6-7-8-11-14-21-16-17(15-20-4-2)18-12-9-10-13-19(18)21/h9-10,12-13,16,20H,3-8,11,14-15H2,1-2H3. The number of rotatable bonds is 10. The summed E-state index contributed by atoms with van der Waals surface area (Å²) in [4.78, 5) is 0. The molecule has 2 rings (SSSR count). The monoisotopic (exact) mass is 286 g/mol. The first-order valence-corrected chi connectivity index (χ1v) is 8.64. The average Bonchev–Trinajstić information content (AvgIpc) is 2.87. The van der Waals surface area contributed by atoms with E-state index in [1.165, 1.54) is 55.0 Å². The fourth-order valence-corrected chi connectivity index (χ4v) is 2.97. The van der Waals surface area contributed by atoms with E-state index in [1.807, 2.05) is 0 Å². The second-order valence-electron chi connectivity index (χ2n) is 5.91. The predicted octanol–water partition coefficient (Wildman–Crippen LogP) is 5.11. The topological polar surface area (TPSA) is 17.0 Å². The van der Waals surface area contributed by atoms with Gasteiger partial charge in [0.05, 0.1) is 0 Å². The molecule has 2 aromatic rings.